The second-order valence-electron chi connectivity index (χ2n) is 4.48. The van der Waals surface area contributed by atoms with Gasteiger partial charge in [0, 0.05) is 22.3 Å². The number of halogens is 1. The van der Waals surface area contributed by atoms with Gasteiger partial charge in [-0.15, -0.1) is 0 Å². The largest absolute Gasteiger partial charge is 0.313 e. The highest BCUT2D eigenvalue weighted by atomic mass is 35.5. The minimum absolute atomic E-state index is 0.318. The molecule has 0 saturated heterocycles. The summed E-state index contributed by atoms with van der Waals surface area (Å²) in [7, 11) is 1.96. The number of aromatic nitrogens is 2. The lowest BCUT2D eigenvalue weighted by atomic mass is 10.1. The van der Waals surface area contributed by atoms with Crippen LogP contribution in [0.15, 0.2) is 30.5 Å². The third-order valence-corrected chi connectivity index (χ3v) is 3.50. The number of hydrogen-bond acceptors (Lipinski definition) is 2. The molecule has 18 heavy (non-hydrogen) atoms. The fraction of sp³-hybridized carbons (Fsp3) is 0.357. The minimum Gasteiger partial charge on any atom is -0.313 e. The number of hydrogen-bond donors (Lipinski definition) is 1. The zero-order chi connectivity index (χ0) is 13.1. The van der Waals surface area contributed by atoms with Crippen molar-refractivity contribution in [2.24, 2.45) is 0 Å². The Kier molecular flexibility index (Phi) is 4.04. The van der Waals surface area contributed by atoms with E-state index in [2.05, 4.69) is 30.3 Å². The lowest BCUT2D eigenvalue weighted by Crippen LogP contribution is -2.13. The van der Waals surface area contributed by atoms with E-state index >= 15 is 0 Å². The van der Waals surface area contributed by atoms with Crippen LogP contribution in [0.1, 0.15) is 29.8 Å². The Hall–Kier alpha value is -1.32. The lowest BCUT2D eigenvalue weighted by molar-refractivity contribution is 0.632. The number of benzene rings is 1. The van der Waals surface area contributed by atoms with Crippen molar-refractivity contribution in [1.82, 2.24) is 15.1 Å². The quantitative estimate of drug-likeness (QED) is 0.918. The van der Waals surface area contributed by atoms with Gasteiger partial charge in [0.05, 0.1) is 12.7 Å². The molecule has 0 bridgehead atoms. The Labute approximate surface area is 113 Å². The summed E-state index contributed by atoms with van der Waals surface area (Å²) in [5.41, 5.74) is 3.59. The Bertz CT molecular complexity index is 534. The maximum Gasteiger partial charge on any atom is 0.0663 e. The molecule has 3 nitrogen and oxygen atoms in total. The van der Waals surface area contributed by atoms with Crippen LogP contribution in [0.2, 0.25) is 5.02 Å². The van der Waals surface area contributed by atoms with Crippen molar-refractivity contribution >= 4 is 11.6 Å². The molecule has 0 aliphatic heterocycles. The summed E-state index contributed by atoms with van der Waals surface area (Å²) in [5.74, 6) is 0. The normalized spacial score (nSPS) is 12.7. The molecule has 1 N–H and O–H groups in total. The molecule has 1 aromatic carbocycles. The Morgan fingerprint density at radius 1 is 1.44 bits per heavy atom. The van der Waals surface area contributed by atoms with E-state index in [9.17, 15) is 0 Å². The summed E-state index contributed by atoms with van der Waals surface area (Å²) in [6.45, 7) is 4.98. The van der Waals surface area contributed by atoms with Crippen LogP contribution in [0.4, 0.5) is 0 Å². The number of nitrogens with one attached hydrogen (secondary N) is 1. The van der Waals surface area contributed by atoms with Crippen LogP contribution in [0, 0.1) is 6.92 Å². The smallest absolute Gasteiger partial charge is 0.0663 e. The van der Waals surface area contributed by atoms with Crippen molar-refractivity contribution in [1.29, 1.82) is 0 Å². The number of nitrogens with zero attached hydrogens (tertiary/aromatic N) is 2. The van der Waals surface area contributed by atoms with Crippen molar-refractivity contribution in [3.05, 3.63) is 52.3 Å². The van der Waals surface area contributed by atoms with E-state index in [1.54, 1.807) is 0 Å². The Morgan fingerprint density at radius 3 is 2.89 bits per heavy atom. The third-order valence-electron chi connectivity index (χ3n) is 3.26. The highest BCUT2D eigenvalue weighted by Gasteiger charge is 2.11. The molecular weight excluding hydrogens is 246 g/mol. The van der Waals surface area contributed by atoms with E-state index in [1.165, 1.54) is 11.3 Å². The molecular formula is C14H18ClN3. The van der Waals surface area contributed by atoms with Crippen LogP contribution in [-0.2, 0) is 6.54 Å². The fourth-order valence-corrected chi connectivity index (χ4v) is 2.22. The SMILES string of the molecule is CNC(C)c1cnn(Cc2cccc(Cl)c2)c1C. The summed E-state index contributed by atoms with van der Waals surface area (Å²) in [6, 6.07) is 8.21. The van der Waals surface area contributed by atoms with Crippen LogP contribution < -0.4 is 5.32 Å². The van der Waals surface area contributed by atoms with Gasteiger partial charge in [-0.05, 0) is 38.6 Å². The zero-order valence-electron chi connectivity index (χ0n) is 10.9. The highest BCUT2D eigenvalue weighted by Crippen LogP contribution is 2.18. The van der Waals surface area contributed by atoms with Gasteiger partial charge >= 0.3 is 0 Å². The second kappa shape index (κ2) is 5.55. The maximum absolute atomic E-state index is 5.99. The van der Waals surface area contributed by atoms with Crippen molar-refractivity contribution < 1.29 is 0 Å². The summed E-state index contributed by atoms with van der Waals surface area (Å²) in [5, 5.41) is 8.44. The van der Waals surface area contributed by atoms with E-state index in [1.807, 2.05) is 36.1 Å². The van der Waals surface area contributed by atoms with Gasteiger partial charge in [-0.1, -0.05) is 23.7 Å². The molecule has 0 spiro atoms. The van der Waals surface area contributed by atoms with E-state index in [0.29, 0.717) is 6.04 Å². The van der Waals surface area contributed by atoms with Crippen molar-refractivity contribution in [3.8, 4) is 0 Å². The van der Waals surface area contributed by atoms with Crippen LogP contribution >= 0.6 is 11.6 Å². The molecule has 0 radical (unpaired) electrons. The molecule has 0 aliphatic rings. The molecule has 2 aromatic rings. The van der Waals surface area contributed by atoms with Gasteiger partial charge in [0.15, 0.2) is 0 Å². The van der Waals surface area contributed by atoms with Crippen LogP contribution in [-0.4, -0.2) is 16.8 Å². The first-order valence-electron chi connectivity index (χ1n) is 6.06. The monoisotopic (exact) mass is 263 g/mol. The van der Waals surface area contributed by atoms with Crippen molar-refractivity contribution in [3.63, 3.8) is 0 Å². The van der Waals surface area contributed by atoms with Crippen LogP contribution in [0.5, 0.6) is 0 Å². The molecule has 0 fully saturated rings. The van der Waals surface area contributed by atoms with Crippen molar-refractivity contribution in [2.45, 2.75) is 26.4 Å². The zero-order valence-corrected chi connectivity index (χ0v) is 11.7. The number of rotatable bonds is 4. The summed E-state index contributed by atoms with van der Waals surface area (Å²) in [6.07, 6.45) is 1.93. The molecule has 0 aliphatic carbocycles. The molecule has 1 heterocycles. The van der Waals surface area contributed by atoms with Gasteiger partial charge in [0.2, 0.25) is 0 Å². The standard InChI is InChI=1S/C14H18ClN3/c1-10(16-3)14-8-17-18(11(14)2)9-12-5-4-6-13(15)7-12/h4-8,10,16H,9H2,1-3H3. The molecule has 2 rings (SSSR count). The minimum atomic E-state index is 0.318. The molecule has 4 heteroatoms. The lowest BCUT2D eigenvalue weighted by Gasteiger charge is -2.10. The van der Waals surface area contributed by atoms with Gasteiger partial charge in [0.25, 0.3) is 0 Å². The van der Waals surface area contributed by atoms with E-state index in [0.717, 1.165) is 17.1 Å². The molecule has 0 amide bonds. The molecule has 1 unspecified atom stereocenters. The molecule has 1 aromatic heterocycles. The third kappa shape index (κ3) is 2.74. The first kappa shape index (κ1) is 13.1. The second-order valence-corrected chi connectivity index (χ2v) is 4.92. The maximum atomic E-state index is 5.99. The fourth-order valence-electron chi connectivity index (χ4n) is 2.01. The summed E-state index contributed by atoms with van der Waals surface area (Å²) in [4.78, 5) is 0. The Morgan fingerprint density at radius 2 is 2.22 bits per heavy atom. The van der Waals surface area contributed by atoms with E-state index < -0.39 is 0 Å². The summed E-state index contributed by atoms with van der Waals surface area (Å²) >= 11 is 5.99. The molecule has 0 saturated carbocycles. The van der Waals surface area contributed by atoms with Crippen LogP contribution in [0.25, 0.3) is 0 Å². The topological polar surface area (TPSA) is 29.9 Å². The summed E-state index contributed by atoms with van der Waals surface area (Å²) < 4.78 is 2.01. The Balaban J connectivity index is 2.22. The van der Waals surface area contributed by atoms with Gasteiger partial charge in [-0.25, -0.2) is 0 Å². The van der Waals surface area contributed by atoms with Crippen molar-refractivity contribution in [2.75, 3.05) is 7.05 Å². The first-order valence-corrected chi connectivity index (χ1v) is 6.43. The van der Waals surface area contributed by atoms with Gasteiger partial charge in [-0.3, -0.25) is 4.68 Å². The molecule has 96 valence electrons. The predicted molar refractivity (Wildman–Crippen MR) is 75.0 cm³/mol. The van der Waals surface area contributed by atoms with Gasteiger partial charge < -0.3 is 5.32 Å². The molecule has 1 atom stereocenters. The average Bonchev–Trinajstić information content (AvgIpc) is 2.70. The predicted octanol–water partition coefficient (Wildman–Crippen LogP) is 3.17. The average molecular weight is 264 g/mol. The first-order chi connectivity index (χ1) is 8.61. The van der Waals surface area contributed by atoms with E-state index in [-0.39, 0.29) is 0 Å². The highest BCUT2D eigenvalue weighted by molar-refractivity contribution is 6.30. The van der Waals surface area contributed by atoms with Crippen LogP contribution in [0.3, 0.4) is 0 Å². The van der Waals surface area contributed by atoms with Gasteiger partial charge in [0.1, 0.15) is 0 Å². The van der Waals surface area contributed by atoms with E-state index in [4.69, 9.17) is 11.6 Å². The van der Waals surface area contributed by atoms with Gasteiger partial charge in [-0.2, -0.15) is 5.10 Å².